The Bertz CT molecular complexity index is 884. The summed E-state index contributed by atoms with van der Waals surface area (Å²) in [6.45, 7) is 16.9. The molecular weight excluding hydrogens is 495 g/mol. The van der Waals surface area contributed by atoms with E-state index in [-0.39, 0.29) is 46.7 Å². The Morgan fingerprint density at radius 2 is 1.59 bits per heavy atom. The third-order valence-electron chi connectivity index (χ3n) is 9.54. The van der Waals surface area contributed by atoms with E-state index in [1.807, 2.05) is 0 Å². The molecule has 0 spiro atoms. The Labute approximate surface area is 236 Å². The number of unbranched alkanes of at least 4 members (excludes halogenated alkanes) is 1. The van der Waals surface area contributed by atoms with Gasteiger partial charge in [0.1, 0.15) is 12.1 Å². The summed E-state index contributed by atoms with van der Waals surface area (Å²) in [4.78, 5) is 38.7. The Balaban J connectivity index is 1.71. The summed E-state index contributed by atoms with van der Waals surface area (Å²) in [5.74, 6) is 0.132. The molecule has 5 N–H and O–H groups in total. The molecule has 4 rings (SSSR count). The zero-order valence-electron chi connectivity index (χ0n) is 25.5. The standard InChI is InChI=1S/C29H53BN4O5/c1-17(2)12-13-24(30-38-23-16-20-15-22(28(20,6)7)29(23,8)39-30)34-27(37)21(11-9-10-14-31)33-26(36)19(5)32-25(35)18(3)4/h17-24H,9-16,31H2,1-8H3,(H,32,35)(H,33,36)(H,34,37)/t19-,20-,21-,22-,23+,24-,29-/m0/s1. The summed E-state index contributed by atoms with van der Waals surface area (Å²) >= 11 is 0. The van der Waals surface area contributed by atoms with E-state index in [4.69, 9.17) is 15.0 Å². The van der Waals surface area contributed by atoms with Gasteiger partial charge < -0.3 is 31.0 Å². The lowest BCUT2D eigenvalue weighted by atomic mass is 9.43. The molecule has 7 atom stereocenters. The van der Waals surface area contributed by atoms with E-state index < -0.39 is 19.2 Å². The van der Waals surface area contributed by atoms with Crippen molar-refractivity contribution in [3.05, 3.63) is 0 Å². The summed E-state index contributed by atoms with van der Waals surface area (Å²) in [5, 5.41) is 8.79. The third-order valence-corrected chi connectivity index (χ3v) is 9.54. The number of nitrogens with two attached hydrogens (primary N) is 1. The predicted molar refractivity (Wildman–Crippen MR) is 153 cm³/mol. The normalized spacial score (nSPS) is 29.3. The van der Waals surface area contributed by atoms with Gasteiger partial charge in [0, 0.05) is 5.92 Å². The lowest BCUT2D eigenvalue weighted by Gasteiger charge is -2.64. The number of rotatable bonds is 14. The summed E-state index contributed by atoms with van der Waals surface area (Å²) in [6, 6.07) is -1.49. The van der Waals surface area contributed by atoms with Crippen molar-refractivity contribution >= 4 is 24.8 Å². The molecule has 1 aliphatic heterocycles. The van der Waals surface area contributed by atoms with Crippen LogP contribution in [0.15, 0.2) is 0 Å². The second kappa shape index (κ2) is 12.9. The average molecular weight is 549 g/mol. The van der Waals surface area contributed by atoms with Crippen LogP contribution < -0.4 is 21.7 Å². The highest BCUT2D eigenvalue weighted by molar-refractivity contribution is 6.47. The van der Waals surface area contributed by atoms with E-state index >= 15 is 0 Å². The van der Waals surface area contributed by atoms with Gasteiger partial charge in [-0.3, -0.25) is 14.4 Å². The maximum atomic E-state index is 13.7. The fourth-order valence-electron chi connectivity index (χ4n) is 6.65. The number of carbonyl (C=O) groups is 3. The Hall–Kier alpha value is -1.65. The zero-order valence-corrected chi connectivity index (χ0v) is 25.5. The van der Waals surface area contributed by atoms with E-state index in [2.05, 4.69) is 50.6 Å². The number of nitrogens with one attached hydrogen (secondary N) is 3. The largest absolute Gasteiger partial charge is 0.481 e. The molecule has 39 heavy (non-hydrogen) atoms. The topological polar surface area (TPSA) is 132 Å². The summed E-state index contributed by atoms with van der Waals surface area (Å²) in [5.41, 5.74) is 5.57. The molecule has 3 aliphatic carbocycles. The van der Waals surface area contributed by atoms with Crippen LogP contribution in [0.25, 0.3) is 0 Å². The number of carbonyl (C=O) groups excluding carboxylic acids is 3. The first-order valence-corrected chi connectivity index (χ1v) is 15.1. The lowest BCUT2D eigenvalue weighted by Crippen LogP contribution is -2.65. The second-order valence-corrected chi connectivity index (χ2v) is 13.7. The predicted octanol–water partition coefficient (Wildman–Crippen LogP) is 2.95. The van der Waals surface area contributed by atoms with Gasteiger partial charge in [0.15, 0.2) is 0 Å². The van der Waals surface area contributed by atoms with Crippen molar-refractivity contribution < 1.29 is 23.7 Å². The average Bonchev–Trinajstić information content (AvgIpc) is 3.22. The molecule has 222 valence electrons. The van der Waals surface area contributed by atoms with E-state index in [1.165, 1.54) is 6.42 Å². The maximum absolute atomic E-state index is 13.7. The van der Waals surface area contributed by atoms with Gasteiger partial charge in [-0.1, -0.05) is 41.5 Å². The van der Waals surface area contributed by atoms with Crippen molar-refractivity contribution in [2.24, 2.45) is 34.8 Å². The van der Waals surface area contributed by atoms with E-state index in [0.717, 1.165) is 25.7 Å². The van der Waals surface area contributed by atoms with Crippen molar-refractivity contribution in [3.8, 4) is 0 Å². The fourth-order valence-corrected chi connectivity index (χ4v) is 6.65. The molecule has 4 aliphatic rings. The van der Waals surface area contributed by atoms with Crippen LogP contribution in [0.3, 0.4) is 0 Å². The van der Waals surface area contributed by atoms with Crippen LogP contribution in [0.1, 0.15) is 100 Å². The molecule has 0 aromatic heterocycles. The molecule has 0 radical (unpaired) electrons. The smallest absolute Gasteiger partial charge is 0.404 e. The molecule has 2 bridgehead atoms. The molecule has 3 amide bonds. The second-order valence-electron chi connectivity index (χ2n) is 13.7. The molecule has 0 aromatic rings. The molecule has 0 unspecified atom stereocenters. The van der Waals surface area contributed by atoms with Gasteiger partial charge in [0.25, 0.3) is 0 Å². The molecule has 4 fully saturated rings. The number of amides is 3. The van der Waals surface area contributed by atoms with Gasteiger partial charge in [0.05, 0.1) is 17.6 Å². The van der Waals surface area contributed by atoms with Gasteiger partial charge in [-0.25, -0.2) is 0 Å². The molecule has 3 saturated carbocycles. The molecule has 1 heterocycles. The van der Waals surface area contributed by atoms with Crippen LogP contribution in [-0.4, -0.2) is 61.1 Å². The maximum Gasteiger partial charge on any atom is 0.481 e. The minimum Gasteiger partial charge on any atom is -0.404 e. The van der Waals surface area contributed by atoms with Gasteiger partial charge in [-0.15, -0.1) is 0 Å². The van der Waals surface area contributed by atoms with E-state index in [0.29, 0.717) is 37.1 Å². The van der Waals surface area contributed by atoms with Crippen molar-refractivity contribution in [1.29, 1.82) is 0 Å². The van der Waals surface area contributed by atoms with Crippen LogP contribution in [-0.2, 0) is 23.7 Å². The highest BCUT2D eigenvalue weighted by Gasteiger charge is 2.68. The first-order valence-electron chi connectivity index (χ1n) is 15.1. The Morgan fingerprint density at radius 1 is 0.897 bits per heavy atom. The number of hydrogen-bond acceptors (Lipinski definition) is 6. The number of hydrogen-bond donors (Lipinski definition) is 4. The molecule has 9 nitrogen and oxygen atoms in total. The van der Waals surface area contributed by atoms with Gasteiger partial charge in [0.2, 0.25) is 17.7 Å². The Morgan fingerprint density at radius 3 is 2.18 bits per heavy atom. The first kappa shape index (κ1) is 31.9. The highest BCUT2D eigenvalue weighted by Crippen LogP contribution is 2.65. The SMILES string of the molecule is CC(C)CC[C@H](NC(=O)[C@H](CCCCN)NC(=O)[C@H](C)NC(=O)C(C)C)B1O[C@@H]2C[C@@H]3C[C@@H](C3(C)C)[C@]2(C)O1. The van der Waals surface area contributed by atoms with Crippen LogP contribution in [0.2, 0.25) is 0 Å². The van der Waals surface area contributed by atoms with E-state index in [1.54, 1.807) is 20.8 Å². The van der Waals surface area contributed by atoms with Crippen LogP contribution in [0.5, 0.6) is 0 Å². The molecule has 1 saturated heterocycles. The lowest BCUT2D eigenvalue weighted by molar-refractivity contribution is -0.199. The van der Waals surface area contributed by atoms with Gasteiger partial charge in [-0.05, 0) is 88.5 Å². The summed E-state index contributed by atoms with van der Waals surface area (Å²) < 4.78 is 13.2. The molecule has 0 aromatic carbocycles. The fraction of sp³-hybridized carbons (Fsp3) is 0.897. The van der Waals surface area contributed by atoms with Crippen LogP contribution in [0, 0.1) is 29.1 Å². The van der Waals surface area contributed by atoms with Crippen LogP contribution >= 0.6 is 0 Å². The Kier molecular flexibility index (Phi) is 10.5. The monoisotopic (exact) mass is 548 g/mol. The van der Waals surface area contributed by atoms with E-state index in [9.17, 15) is 14.4 Å². The molecule has 10 heteroatoms. The van der Waals surface area contributed by atoms with Crippen molar-refractivity contribution in [3.63, 3.8) is 0 Å². The third kappa shape index (κ3) is 7.17. The van der Waals surface area contributed by atoms with Gasteiger partial charge in [-0.2, -0.15) is 0 Å². The molecular formula is C29H53BN4O5. The minimum atomic E-state index is -0.749. The van der Waals surface area contributed by atoms with Crippen molar-refractivity contribution in [1.82, 2.24) is 16.0 Å². The van der Waals surface area contributed by atoms with Crippen LogP contribution in [0.4, 0.5) is 0 Å². The first-order chi connectivity index (χ1) is 18.2. The van der Waals surface area contributed by atoms with Crippen molar-refractivity contribution in [2.45, 2.75) is 130 Å². The summed E-state index contributed by atoms with van der Waals surface area (Å²) in [6.07, 6.45) is 5.73. The quantitative estimate of drug-likeness (QED) is 0.195. The van der Waals surface area contributed by atoms with Crippen molar-refractivity contribution in [2.75, 3.05) is 6.54 Å². The van der Waals surface area contributed by atoms with Gasteiger partial charge >= 0.3 is 7.12 Å². The zero-order chi connectivity index (χ0) is 29.1. The minimum absolute atomic E-state index is 0.0307. The summed E-state index contributed by atoms with van der Waals surface area (Å²) in [7, 11) is -0.525. The highest BCUT2D eigenvalue weighted by atomic mass is 16.7.